The summed E-state index contributed by atoms with van der Waals surface area (Å²) in [6.45, 7) is 6.28. The van der Waals surface area contributed by atoms with Gasteiger partial charge in [0.2, 0.25) is 5.91 Å². The number of anilines is 1. The van der Waals surface area contributed by atoms with Gasteiger partial charge in [-0.15, -0.1) is 0 Å². The van der Waals surface area contributed by atoms with Gasteiger partial charge >= 0.3 is 6.03 Å². The number of urea groups is 1. The van der Waals surface area contributed by atoms with E-state index in [4.69, 9.17) is 0 Å². The van der Waals surface area contributed by atoms with Crippen LogP contribution >= 0.6 is 0 Å². The SMILES string of the molecule is CC(C)N1C[C@@H](C)C(=O)N(c2ccccc2)C1=O. The van der Waals surface area contributed by atoms with Crippen LogP contribution in [0.4, 0.5) is 10.5 Å². The molecule has 0 radical (unpaired) electrons. The summed E-state index contributed by atoms with van der Waals surface area (Å²) >= 11 is 0. The molecule has 3 amide bonds. The number of amides is 3. The Morgan fingerprint density at radius 3 is 2.33 bits per heavy atom. The number of para-hydroxylation sites is 1. The molecule has 0 spiro atoms. The molecule has 0 aliphatic carbocycles. The molecule has 0 saturated carbocycles. The Labute approximate surface area is 107 Å². The van der Waals surface area contributed by atoms with Gasteiger partial charge in [-0.3, -0.25) is 4.79 Å². The zero-order valence-electron chi connectivity index (χ0n) is 11.0. The van der Waals surface area contributed by atoms with E-state index in [0.29, 0.717) is 12.2 Å². The number of hydrogen-bond donors (Lipinski definition) is 0. The van der Waals surface area contributed by atoms with Crippen LogP contribution < -0.4 is 4.90 Å². The minimum Gasteiger partial charge on any atom is -0.321 e. The van der Waals surface area contributed by atoms with Gasteiger partial charge in [-0.1, -0.05) is 25.1 Å². The first-order chi connectivity index (χ1) is 8.52. The fourth-order valence-electron chi connectivity index (χ4n) is 2.14. The number of carbonyl (C=O) groups excluding carboxylic acids is 2. The van der Waals surface area contributed by atoms with Crippen LogP contribution in [0.2, 0.25) is 0 Å². The highest BCUT2D eigenvalue weighted by atomic mass is 16.2. The van der Waals surface area contributed by atoms with Crippen molar-refractivity contribution in [3.63, 3.8) is 0 Å². The van der Waals surface area contributed by atoms with Crippen molar-refractivity contribution in [2.24, 2.45) is 5.92 Å². The standard InChI is InChI=1S/C14H18N2O2/c1-10(2)15-9-11(3)13(17)16(14(15)18)12-7-5-4-6-8-12/h4-8,10-11H,9H2,1-3H3/t11-/m1/s1. The summed E-state index contributed by atoms with van der Waals surface area (Å²) < 4.78 is 0. The summed E-state index contributed by atoms with van der Waals surface area (Å²) in [7, 11) is 0. The molecule has 1 fully saturated rings. The largest absolute Gasteiger partial charge is 0.331 e. The fraction of sp³-hybridized carbons (Fsp3) is 0.429. The highest BCUT2D eigenvalue weighted by Gasteiger charge is 2.38. The lowest BCUT2D eigenvalue weighted by atomic mass is 10.1. The summed E-state index contributed by atoms with van der Waals surface area (Å²) in [5, 5.41) is 0. The summed E-state index contributed by atoms with van der Waals surface area (Å²) in [6, 6.07) is 8.97. The minimum atomic E-state index is -0.223. The van der Waals surface area contributed by atoms with Gasteiger partial charge in [0.05, 0.1) is 11.6 Å². The summed E-state index contributed by atoms with van der Waals surface area (Å²) in [5.41, 5.74) is 0.643. The van der Waals surface area contributed by atoms with Gasteiger partial charge in [-0.05, 0) is 26.0 Å². The molecule has 4 nitrogen and oxygen atoms in total. The molecule has 1 aromatic carbocycles. The maximum Gasteiger partial charge on any atom is 0.331 e. The molecular weight excluding hydrogens is 228 g/mol. The van der Waals surface area contributed by atoms with Crippen LogP contribution in [0, 0.1) is 5.92 Å². The van der Waals surface area contributed by atoms with E-state index in [1.165, 1.54) is 4.90 Å². The Bertz CT molecular complexity index is 456. The van der Waals surface area contributed by atoms with Crippen molar-refractivity contribution in [3.8, 4) is 0 Å². The molecule has 0 N–H and O–H groups in total. The van der Waals surface area contributed by atoms with Gasteiger partial charge in [0.1, 0.15) is 0 Å². The van der Waals surface area contributed by atoms with Gasteiger partial charge in [-0.25, -0.2) is 9.69 Å². The molecule has 18 heavy (non-hydrogen) atoms. The topological polar surface area (TPSA) is 40.6 Å². The minimum absolute atomic E-state index is 0.0965. The highest BCUT2D eigenvalue weighted by Crippen LogP contribution is 2.24. The zero-order chi connectivity index (χ0) is 13.3. The molecule has 1 aliphatic heterocycles. The number of carbonyl (C=O) groups is 2. The van der Waals surface area contributed by atoms with Crippen molar-refractivity contribution in [2.75, 3.05) is 11.4 Å². The van der Waals surface area contributed by atoms with Gasteiger partial charge in [0.25, 0.3) is 0 Å². The molecule has 0 unspecified atom stereocenters. The first-order valence-corrected chi connectivity index (χ1v) is 6.22. The van der Waals surface area contributed by atoms with Crippen molar-refractivity contribution < 1.29 is 9.59 Å². The molecule has 2 rings (SSSR count). The van der Waals surface area contributed by atoms with Crippen molar-refractivity contribution in [1.82, 2.24) is 4.90 Å². The zero-order valence-corrected chi connectivity index (χ0v) is 11.0. The van der Waals surface area contributed by atoms with Crippen molar-refractivity contribution in [2.45, 2.75) is 26.8 Å². The number of hydrogen-bond acceptors (Lipinski definition) is 2. The molecule has 1 aliphatic rings. The third kappa shape index (κ3) is 2.10. The second-order valence-electron chi connectivity index (χ2n) is 4.94. The third-order valence-electron chi connectivity index (χ3n) is 3.19. The van der Waals surface area contributed by atoms with E-state index in [1.54, 1.807) is 17.0 Å². The Morgan fingerprint density at radius 2 is 1.78 bits per heavy atom. The van der Waals surface area contributed by atoms with Crippen LogP contribution in [0.1, 0.15) is 20.8 Å². The Morgan fingerprint density at radius 1 is 1.17 bits per heavy atom. The molecule has 96 valence electrons. The lowest BCUT2D eigenvalue weighted by molar-refractivity contribution is -0.123. The normalized spacial score (nSPS) is 20.8. The second-order valence-corrected chi connectivity index (χ2v) is 4.94. The first kappa shape index (κ1) is 12.6. The number of benzene rings is 1. The average Bonchev–Trinajstić information content (AvgIpc) is 2.35. The number of imide groups is 1. The Balaban J connectivity index is 2.37. The molecule has 1 heterocycles. The monoisotopic (exact) mass is 246 g/mol. The molecule has 1 atom stereocenters. The molecule has 4 heteroatoms. The lowest BCUT2D eigenvalue weighted by Gasteiger charge is -2.39. The second kappa shape index (κ2) is 4.80. The molecular formula is C14H18N2O2. The quantitative estimate of drug-likeness (QED) is 0.804. The average molecular weight is 246 g/mol. The smallest absolute Gasteiger partial charge is 0.321 e. The van der Waals surface area contributed by atoms with E-state index in [0.717, 1.165) is 0 Å². The van der Waals surface area contributed by atoms with Crippen molar-refractivity contribution >= 4 is 17.6 Å². The maximum atomic E-state index is 12.4. The maximum absolute atomic E-state index is 12.4. The van der Waals surface area contributed by atoms with Crippen LogP contribution in [-0.4, -0.2) is 29.4 Å². The number of rotatable bonds is 2. The molecule has 1 saturated heterocycles. The molecule has 0 bridgehead atoms. The predicted octanol–water partition coefficient (Wildman–Crippen LogP) is 2.50. The van der Waals surface area contributed by atoms with E-state index < -0.39 is 0 Å². The van der Waals surface area contributed by atoms with Gasteiger partial charge in [0.15, 0.2) is 0 Å². The molecule has 1 aromatic rings. The highest BCUT2D eigenvalue weighted by molar-refractivity contribution is 6.16. The van der Waals surface area contributed by atoms with E-state index >= 15 is 0 Å². The third-order valence-corrected chi connectivity index (χ3v) is 3.19. The van der Waals surface area contributed by atoms with E-state index in [-0.39, 0.29) is 23.9 Å². The summed E-state index contributed by atoms with van der Waals surface area (Å²) in [6.07, 6.45) is 0. The van der Waals surface area contributed by atoms with Crippen molar-refractivity contribution in [1.29, 1.82) is 0 Å². The predicted molar refractivity (Wildman–Crippen MR) is 70.3 cm³/mol. The van der Waals surface area contributed by atoms with Crippen LogP contribution in [0.3, 0.4) is 0 Å². The van der Waals surface area contributed by atoms with Crippen LogP contribution in [-0.2, 0) is 4.79 Å². The molecule has 0 aromatic heterocycles. The van der Waals surface area contributed by atoms with Gasteiger partial charge in [-0.2, -0.15) is 0 Å². The lowest BCUT2D eigenvalue weighted by Crippen LogP contribution is -2.58. The van der Waals surface area contributed by atoms with Crippen LogP contribution in [0.15, 0.2) is 30.3 Å². The van der Waals surface area contributed by atoms with Crippen molar-refractivity contribution in [3.05, 3.63) is 30.3 Å². The number of nitrogens with zero attached hydrogens (tertiary/aromatic N) is 2. The van der Waals surface area contributed by atoms with E-state index in [9.17, 15) is 9.59 Å². The summed E-state index contributed by atoms with van der Waals surface area (Å²) in [4.78, 5) is 27.6. The van der Waals surface area contributed by atoms with Crippen LogP contribution in [0.5, 0.6) is 0 Å². The van der Waals surface area contributed by atoms with E-state index in [1.807, 2.05) is 39.0 Å². The Kier molecular flexibility index (Phi) is 3.36. The van der Waals surface area contributed by atoms with Gasteiger partial charge in [0, 0.05) is 12.6 Å². The fourth-order valence-corrected chi connectivity index (χ4v) is 2.14. The van der Waals surface area contributed by atoms with Gasteiger partial charge < -0.3 is 4.90 Å². The Hall–Kier alpha value is -1.84. The van der Waals surface area contributed by atoms with Crippen LogP contribution in [0.25, 0.3) is 0 Å². The first-order valence-electron chi connectivity index (χ1n) is 6.22. The van der Waals surface area contributed by atoms with E-state index in [2.05, 4.69) is 0 Å². The summed E-state index contributed by atoms with van der Waals surface area (Å²) in [5.74, 6) is -0.284.